The summed E-state index contributed by atoms with van der Waals surface area (Å²) in [7, 11) is 3.15. The highest BCUT2D eigenvalue weighted by Crippen LogP contribution is 2.29. The molecule has 0 bridgehead atoms. The largest absolute Gasteiger partial charge is 0.493 e. The smallest absolute Gasteiger partial charge is 0.191 e. The lowest BCUT2D eigenvalue weighted by Gasteiger charge is -2.12. The van der Waals surface area contributed by atoms with Crippen LogP contribution >= 0.6 is 35.4 Å². The molecule has 2 aromatic carbocycles. The van der Waals surface area contributed by atoms with Crippen molar-refractivity contribution in [3.05, 3.63) is 52.0 Å². The van der Waals surface area contributed by atoms with Gasteiger partial charge in [-0.15, -0.1) is 0 Å². The summed E-state index contributed by atoms with van der Waals surface area (Å²) in [5.41, 5.74) is 5.10. The fraction of sp³-hybridized carbons (Fsp3) is 0.176. The number of hydrogen-bond donors (Lipinski definition) is 2. The van der Waals surface area contributed by atoms with Crippen molar-refractivity contribution in [3.8, 4) is 11.5 Å². The number of ether oxygens (including phenoxy) is 2. The molecule has 8 heteroatoms. The van der Waals surface area contributed by atoms with Gasteiger partial charge < -0.3 is 14.8 Å². The molecule has 0 aliphatic heterocycles. The predicted octanol–water partition coefficient (Wildman–Crippen LogP) is 4.72. The molecule has 0 heterocycles. The van der Waals surface area contributed by atoms with Crippen LogP contribution in [0.15, 0.2) is 41.5 Å². The van der Waals surface area contributed by atoms with Gasteiger partial charge in [0.25, 0.3) is 0 Å². The van der Waals surface area contributed by atoms with Gasteiger partial charge in [0, 0.05) is 11.8 Å². The second-order valence-corrected chi connectivity index (χ2v) is 6.18. The lowest BCUT2D eigenvalue weighted by atomic mass is 10.1. The maximum atomic E-state index is 6.01. The van der Waals surface area contributed by atoms with Gasteiger partial charge >= 0.3 is 0 Å². The van der Waals surface area contributed by atoms with Crippen LogP contribution in [-0.4, -0.2) is 25.0 Å². The van der Waals surface area contributed by atoms with E-state index in [0.717, 1.165) is 17.0 Å². The van der Waals surface area contributed by atoms with Crippen LogP contribution in [0, 0.1) is 0 Å². The Morgan fingerprint density at radius 3 is 2.36 bits per heavy atom. The molecular formula is C17H17Cl2N3O2S. The molecule has 0 saturated carbocycles. The highest BCUT2D eigenvalue weighted by Gasteiger charge is 2.06. The molecule has 2 N–H and O–H groups in total. The number of halogens is 2. The number of benzene rings is 2. The lowest BCUT2D eigenvalue weighted by molar-refractivity contribution is 0.355. The molecule has 0 saturated heterocycles. The fourth-order valence-corrected chi connectivity index (χ4v) is 2.45. The zero-order chi connectivity index (χ0) is 18.4. The third kappa shape index (κ3) is 5.22. The van der Waals surface area contributed by atoms with Crippen LogP contribution in [0.2, 0.25) is 10.0 Å². The van der Waals surface area contributed by atoms with Gasteiger partial charge in [-0.3, -0.25) is 5.43 Å². The summed E-state index contributed by atoms with van der Waals surface area (Å²) in [4.78, 5) is 0. The van der Waals surface area contributed by atoms with Gasteiger partial charge in [0.1, 0.15) is 0 Å². The molecule has 5 nitrogen and oxygen atoms in total. The second-order valence-electron chi connectivity index (χ2n) is 4.96. The summed E-state index contributed by atoms with van der Waals surface area (Å²) in [5, 5.41) is 8.58. The van der Waals surface area contributed by atoms with Crippen LogP contribution in [0.25, 0.3) is 0 Å². The topological polar surface area (TPSA) is 54.9 Å². The summed E-state index contributed by atoms with van der Waals surface area (Å²) in [6, 6.07) is 10.7. The predicted molar refractivity (Wildman–Crippen MR) is 108 cm³/mol. The van der Waals surface area contributed by atoms with Crippen molar-refractivity contribution in [1.29, 1.82) is 0 Å². The van der Waals surface area contributed by atoms with E-state index >= 15 is 0 Å². The maximum absolute atomic E-state index is 6.01. The van der Waals surface area contributed by atoms with Crippen molar-refractivity contribution in [3.63, 3.8) is 0 Å². The van der Waals surface area contributed by atoms with Crippen LogP contribution in [0.3, 0.4) is 0 Å². The zero-order valence-corrected chi connectivity index (χ0v) is 16.2. The first-order valence-electron chi connectivity index (χ1n) is 7.23. The Balaban J connectivity index is 2.03. The Morgan fingerprint density at radius 2 is 1.72 bits per heavy atom. The van der Waals surface area contributed by atoms with Crippen molar-refractivity contribution in [1.82, 2.24) is 5.43 Å². The summed E-state index contributed by atoms with van der Waals surface area (Å²) in [6.45, 7) is 1.84. The SMILES string of the molecule is COc1ccc(NC(=S)NN=C(C)c2ccc(Cl)c(Cl)c2)cc1OC. The molecule has 25 heavy (non-hydrogen) atoms. The summed E-state index contributed by atoms with van der Waals surface area (Å²) < 4.78 is 10.5. The quantitative estimate of drug-likeness (QED) is 0.434. The molecule has 0 aromatic heterocycles. The maximum Gasteiger partial charge on any atom is 0.191 e. The summed E-state index contributed by atoms with van der Waals surface area (Å²) >= 11 is 17.2. The molecule has 0 unspecified atom stereocenters. The molecule has 2 aromatic rings. The fourth-order valence-electron chi connectivity index (χ4n) is 1.99. The van der Waals surface area contributed by atoms with E-state index in [9.17, 15) is 0 Å². The standard InChI is InChI=1S/C17H17Cl2N3O2S/c1-10(11-4-6-13(18)14(19)8-11)21-22-17(25)20-12-5-7-15(23-2)16(9-12)24-3/h4-9H,1-3H3,(H2,20,22,25). The number of hydrogen-bond acceptors (Lipinski definition) is 4. The van der Waals surface area contributed by atoms with Gasteiger partial charge in [0.2, 0.25) is 0 Å². The third-order valence-electron chi connectivity index (χ3n) is 3.30. The van der Waals surface area contributed by atoms with Gasteiger partial charge in [-0.25, -0.2) is 0 Å². The van der Waals surface area contributed by atoms with Crippen molar-refractivity contribution in [2.45, 2.75) is 6.92 Å². The minimum Gasteiger partial charge on any atom is -0.493 e. The van der Waals surface area contributed by atoms with Crippen LogP contribution < -0.4 is 20.2 Å². The molecule has 0 aliphatic rings. The van der Waals surface area contributed by atoms with E-state index in [1.54, 1.807) is 38.5 Å². The number of rotatable bonds is 5. The highest BCUT2D eigenvalue weighted by molar-refractivity contribution is 7.80. The minimum absolute atomic E-state index is 0.339. The van der Waals surface area contributed by atoms with E-state index in [2.05, 4.69) is 15.8 Å². The molecular weight excluding hydrogens is 381 g/mol. The second kappa shape index (κ2) is 8.89. The van der Waals surface area contributed by atoms with Gasteiger partial charge in [0.05, 0.1) is 30.0 Å². The van der Waals surface area contributed by atoms with Gasteiger partial charge in [-0.1, -0.05) is 29.3 Å². The van der Waals surface area contributed by atoms with E-state index in [1.165, 1.54) is 0 Å². The minimum atomic E-state index is 0.339. The molecule has 0 radical (unpaired) electrons. The Labute approximate surface area is 161 Å². The zero-order valence-electron chi connectivity index (χ0n) is 13.9. The van der Waals surface area contributed by atoms with Gasteiger partial charge in [0.15, 0.2) is 16.6 Å². The first-order valence-corrected chi connectivity index (χ1v) is 8.39. The normalized spacial score (nSPS) is 11.0. The molecule has 0 atom stereocenters. The number of nitrogens with zero attached hydrogens (tertiary/aromatic N) is 1. The Kier molecular flexibility index (Phi) is 6.87. The Bertz CT molecular complexity index is 812. The first-order chi connectivity index (χ1) is 11.9. The van der Waals surface area contributed by atoms with Gasteiger partial charge in [-0.05, 0) is 49.0 Å². The molecule has 0 amide bonds. The van der Waals surface area contributed by atoms with Crippen molar-refractivity contribution >= 4 is 51.9 Å². The number of hydrazone groups is 1. The van der Waals surface area contributed by atoms with Crippen molar-refractivity contribution < 1.29 is 9.47 Å². The molecule has 2 rings (SSSR count). The van der Waals surface area contributed by atoms with Crippen molar-refractivity contribution in [2.75, 3.05) is 19.5 Å². The average Bonchev–Trinajstić information content (AvgIpc) is 2.61. The molecule has 0 spiro atoms. The van der Waals surface area contributed by atoms with Crippen LogP contribution in [0.4, 0.5) is 5.69 Å². The van der Waals surface area contributed by atoms with Crippen LogP contribution in [0.5, 0.6) is 11.5 Å². The van der Waals surface area contributed by atoms with E-state index < -0.39 is 0 Å². The third-order valence-corrected chi connectivity index (χ3v) is 4.24. The number of nitrogens with one attached hydrogen (secondary N) is 2. The Morgan fingerprint density at radius 1 is 1.00 bits per heavy atom. The van der Waals surface area contributed by atoms with E-state index in [4.69, 9.17) is 44.9 Å². The monoisotopic (exact) mass is 397 g/mol. The summed E-state index contributed by atoms with van der Waals surface area (Å²) in [6.07, 6.45) is 0. The van der Waals surface area contributed by atoms with E-state index in [0.29, 0.717) is 26.7 Å². The van der Waals surface area contributed by atoms with Crippen LogP contribution in [-0.2, 0) is 0 Å². The average molecular weight is 398 g/mol. The highest BCUT2D eigenvalue weighted by atomic mass is 35.5. The number of thiocarbonyl (C=S) groups is 1. The number of anilines is 1. The van der Waals surface area contributed by atoms with E-state index in [1.807, 2.05) is 19.1 Å². The molecule has 0 fully saturated rings. The van der Waals surface area contributed by atoms with E-state index in [-0.39, 0.29) is 0 Å². The lowest BCUT2D eigenvalue weighted by Crippen LogP contribution is -2.25. The molecule has 0 aliphatic carbocycles. The molecule has 132 valence electrons. The number of methoxy groups -OCH3 is 2. The Hall–Kier alpha value is -2.02. The first kappa shape index (κ1) is 19.3. The summed E-state index contributed by atoms with van der Waals surface area (Å²) in [5.74, 6) is 1.24. The van der Waals surface area contributed by atoms with Crippen molar-refractivity contribution in [2.24, 2.45) is 5.10 Å². The van der Waals surface area contributed by atoms with Crippen LogP contribution in [0.1, 0.15) is 12.5 Å². The van der Waals surface area contributed by atoms with Gasteiger partial charge in [-0.2, -0.15) is 5.10 Å².